The third-order valence-corrected chi connectivity index (χ3v) is 4.19. The molecule has 2 rings (SSSR count). The molecule has 2 aromatic rings. The molecule has 0 aliphatic rings. The Bertz CT molecular complexity index is 625. The van der Waals surface area contributed by atoms with E-state index in [1.807, 2.05) is 6.07 Å². The van der Waals surface area contributed by atoms with E-state index in [-0.39, 0.29) is 11.9 Å². The number of aryl methyl sites for hydroxylation is 2. The minimum absolute atomic E-state index is 0.124. The van der Waals surface area contributed by atoms with Crippen LogP contribution in [0.25, 0.3) is 0 Å². The summed E-state index contributed by atoms with van der Waals surface area (Å²) in [5.74, 6) is -0.147. The van der Waals surface area contributed by atoms with E-state index < -0.39 is 0 Å². The lowest BCUT2D eigenvalue weighted by Crippen LogP contribution is -2.24. The van der Waals surface area contributed by atoms with Crippen molar-refractivity contribution < 1.29 is 4.39 Å². The number of rotatable bonds is 5. The number of halogens is 2. The van der Waals surface area contributed by atoms with Crippen molar-refractivity contribution in [2.24, 2.45) is 0 Å². The molecule has 21 heavy (non-hydrogen) atoms. The quantitative estimate of drug-likeness (QED) is 0.791. The third-order valence-electron chi connectivity index (χ3n) is 3.69. The van der Waals surface area contributed by atoms with Gasteiger partial charge in [-0.3, -0.25) is 0 Å². The zero-order valence-electron chi connectivity index (χ0n) is 12.7. The van der Waals surface area contributed by atoms with Crippen molar-refractivity contribution in [3.05, 3.63) is 68.9 Å². The Morgan fingerprint density at radius 2 is 1.90 bits per heavy atom. The highest BCUT2D eigenvalue weighted by atomic mass is 79.9. The molecule has 0 aliphatic carbocycles. The average molecular weight is 350 g/mol. The van der Waals surface area contributed by atoms with Crippen LogP contribution in [0.15, 0.2) is 40.9 Å². The van der Waals surface area contributed by atoms with Gasteiger partial charge in [-0.2, -0.15) is 0 Å². The monoisotopic (exact) mass is 349 g/mol. The Balaban J connectivity index is 2.35. The molecular weight excluding hydrogens is 329 g/mol. The summed E-state index contributed by atoms with van der Waals surface area (Å²) < 4.78 is 14.9. The van der Waals surface area contributed by atoms with E-state index in [1.54, 1.807) is 6.07 Å². The van der Waals surface area contributed by atoms with Gasteiger partial charge in [0.15, 0.2) is 0 Å². The van der Waals surface area contributed by atoms with E-state index in [2.05, 4.69) is 60.2 Å². The fourth-order valence-electron chi connectivity index (χ4n) is 2.59. The first kappa shape index (κ1) is 16.2. The van der Waals surface area contributed by atoms with Gasteiger partial charge in [0.25, 0.3) is 0 Å². The summed E-state index contributed by atoms with van der Waals surface area (Å²) in [6.45, 7) is 7.13. The molecule has 0 aromatic heterocycles. The number of hydrogen-bond acceptors (Lipinski definition) is 1. The van der Waals surface area contributed by atoms with E-state index in [0.717, 1.165) is 16.6 Å². The van der Waals surface area contributed by atoms with Crippen LogP contribution in [0.5, 0.6) is 0 Å². The van der Waals surface area contributed by atoms with Gasteiger partial charge in [-0.1, -0.05) is 46.6 Å². The van der Waals surface area contributed by atoms with Crippen molar-refractivity contribution >= 4 is 15.9 Å². The van der Waals surface area contributed by atoms with E-state index in [1.165, 1.54) is 22.8 Å². The molecular formula is C18H21BrFN. The number of likely N-dealkylation sites (N-methyl/N-ethyl adjacent to an activating group) is 1. The summed E-state index contributed by atoms with van der Waals surface area (Å²) in [6.07, 6.45) is 0.642. The molecule has 3 heteroatoms. The van der Waals surface area contributed by atoms with Crippen LogP contribution in [-0.2, 0) is 6.42 Å². The van der Waals surface area contributed by atoms with Crippen molar-refractivity contribution in [2.75, 3.05) is 6.54 Å². The summed E-state index contributed by atoms with van der Waals surface area (Å²) in [5.41, 5.74) is 4.45. The molecule has 1 N–H and O–H groups in total. The van der Waals surface area contributed by atoms with Crippen LogP contribution in [-0.4, -0.2) is 6.54 Å². The van der Waals surface area contributed by atoms with Gasteiger partial charge >= 0.3 is 0 Å². The Labute approximate surface area is 134 Å². The first-order valence-electron chi connectivity index (χ1n) is 7.25. The maximum absolute atomic E-state index is 14.0. The Kier molecular flexibility index (Phi) is 5.54. The highest BCUT2D eigenvalue weighted by Gasteiger charge is 2.16. The molecule has 112 valence electrons. The highest BCUT2D eigenvalue weighted by molar-refractivity contribution is 9.10. The van der Waals surface area contributed by atoms with E-state index in [0.29, 0.717) is 6.42 Å². The zero-order chi connectivity index (χ0) is 15.4. The molecule has 2 aromatic carbocycles. The van der Waals surface area contributed by atoms with Crippen LogP contribution in [0.3, 0.4) is 0 Å². The fourth-order valence-corrected chi connectivity index (χ4v) is 3.00. The minimum Gasteiger partial charge on any atom is -0.310 e. The predicted molar refractivity (Wildman–Crippen MR) is 90.1 cm³/mol. The normalized spacial score (nSPS) is 12.4. The fraction of sp³-hybridized carbons (Fsp3) is 0.333. The third kappa shape index (κ3) is 4.14. The molecule has 0 radical (unpaired) electrons. The molecule has 0 spiro atoms. The first-order chi connectivity index (χ1) is 10.0. The molecule has 1 atom stereocenters. The molecule has 1 unspecified atom stereocenters. The largest absolute Gasteiger partial charge is 0.310 e. The summed E-state index contributed by atoms with van der Waals surface area (Å²) >= 11 is 3.42. The van der Waals surface area contributed by atoms with Gasteiger partial charge < -0.3 is 5.32 Å². The Morgan fingerprint density at radius 3 is 2.62 bits per heavy atom. The van der Waals surface area contributed by atoms with Crippen molar-refractivity contribution in [3.63, 3.8) is 0 Å². The second-order valence-corrected chi connectivity index (χ2v) is 6.33. The zero-order valence-corrected chi connectivity index (χ0v) is 14.3. The lowest BCUT2D eigenvalue weighted by atomic mass is 9.93. The van der Waals surface area contributed by atoms with Crippen LogP contribution in [0.1, 0.15) is 35.2 Å². The molecule has 0 saturated heterocycles. The lowest BCUT2D eigenvalue weighted by Gasteiger charge is -2.21. The van der Waals surface area contributed by atoms with Crippen LogP contribution in [0.4, 0.5) is 4.39 Å². The van der Waals surface area contributed by atoms with Gasteiger partial charge in [0.05, 0.1) is 0 Å². The van der Waals surface area contributed by atoms with Gasteiger partial charge in [-0.15, -0.1) is 0 Å². The first-order valence-corrected chi connectivity index (χ1v) is 8.05. The van der Waals surface area contributed by atoms with Crippen LogP contribution in [0, 0.1) is 19.7 Å². The van der Waals surface area contributed by atoms with Gasteiger partial charge in [-0.05, 0) is 61.7 Å². The summed E-state index contributed by atoms with van der Waals surface area (Å²) in [6, 6.07) is 11.7. The summed E-state index contributed by atoms with van der Waals surface area (Å²) in [7, 11) is 0. The van der Waals surface area contributed by atoms with Gasteiger partial charge in [0, 0.05) is 10.5 Å². The van der Waals surface area contributed by atoms with E-state index >= 15 is 0 Å². The van der Waals surface area contributed by atoms with Crippen molar-refractivity contribution in [3.8, 4) is 0 Å². The number of benzene rings is 2. The van der Waals surface area contributed by atoms with Gasteiger partial charge in [0.1, 0.15) is 5.82 Å². The molecule has 0 heterocycles. The van der Waals surface area contributed by atoms with Gasteiger partial charge in [-0.25, -0.2) is 4.39 Å². The van der Waals surface area contributed by atoms with Gasteiger partial charge in [0.2, 0.25) is 0 Å². The lowest BCUT2D eigenvalue weighted by molar-refractivity contribution is 0.525. The Hall–Kier alpha value is -1.19. The maximum atomic E-state index is 14.0. The maximum Gasteiger partial charge on any atom is 0.126 e. The molecule has 0 amide bonds. The molecule has 0 saturated carbocycles. The van der Waals surface area contributed by atoms with E-state index in [4.69, 9.17) is 0 Å². The van der Waals surface area contributed by atoms with Crippen molar-refractivity contribution in [2.45, 2.75) is 33.2 Å². The summed E-state index contributed by atoms with van der Waals surface area (Å²) in [4.78, 5) is 0. The van der Waals surface area contributed by atoms with Crippen LogP contribution in [0.2, 0.25) is 0 Å². The molecule has 0 fully saturated rings. The van der Waals surface area contributed by atoms with Crippen molar-refractivity contribution in [1.29, 1.82) is 0 Å². The molecule has 0 aliphatic heterocycles. The smallest absolute Gasteiger partial charge is 0.126 e. The van der Waals surface area contributed by atoms with Crippen molar-refractivity contribution in [1.82, 2.24) is 5.32 Å². The standard InChI is InChI=1S/C18H21BrFN/c1-4-21-18(16-9-12(2)5-6-13(16)3)11-14-10-15(19)7-8-17(14)20/h5-10,18,21H,4,11H2,1-3H3. The second-order valence-electron chi connectivity index (χ2n) is 5.41. The average Bonchev–Trinajstić information content (AvgIpc) is 2.45. The highest BCUT2D eigenvalue weighted by Crippen LogP contribution is 2.25. The predicted octanol–water partition coefficient (Wildman–Crippen LogP) is 5.10. The topological polar surface area (TPSA) is 12.0 Å². The summed E-state index contributed by atoms with van der Waals surface area (Å²) in [5, 5.41) is 3.48. The minimum atomic E-state index is -0.147. The molecule has 0 bridgehead atoms. The second kappa shape index (κ2) is 7.19. The van der Waals surface area contributed by atoms with E-state index in [9.17, 15) is 4.39 Å². The Morgan fingerprint density at radius 1 is 1.14 bits per heavy atom. The number of nitrogens with one attached hydrogen (secondary N) is 1. The van der Waals surface area contributed by atoms with Crippen LogP contribution >= 0.6 is 15.9 Å². The van der Waals surface area contributed by atoms with Crippen LogP contribution < -0.4 is 5.32 Å². The molecule has 1 nitrogen and oxygen atoms in total. The SMILES string of the molecule is CCNC(Cc1cc(Br)ccc1F)c1cc(C)ccc1C. The number of hydrogen-bond donors (Lipinski definition) is 1.